The van der Waals surface area contributed by atoms with Crippen LogP contribution in [0.1, 0.15) is 13.8 Å². The SMILES string of the molecule is CC(=NNC(N)=O)C(C)O. The van der Waals surface area contributed by atoms with Gasteiger partial charge in [0.15, 0.2) is 0 Å². The lowest BCUT2D eigenvalue weighted by molar-refractivity contribution is 0.248. The zero-order chi connectivity index (χ0) is 8.15. The molecule has 5 heteroatoms. The number of aliphatic hydroxyl groups is 1. The molecule has 0 aliphatic rings. The van der Waals surface area contributed by atoms with E-state index >= 15 is 0 Å². The number of carbonyl (C=O) groups is 1. The number of urea groups is 1. The minimum atomic E-state index is -0.736. The van der Waals surface area contributed by atoms with Crippen LogP contribution in [0.4, 0.5) is 4.79 Å². The van der Waals surface area contributed by atoms with E-state index in [-0.39, 0.29) is 0 Å². The van der Waals surface area contributed by atoms with Gasteiger partial charge in [0.25, 0.3) is 0 Å². The van der Waals surface area contributed by atoms with Gasteiger partial charge in [0, 0.05) is 0 Å². The quantitative estimate of drug-likeness (QED) is 0.358. The fourth-order valence-corrected chi connectivity index (χ4v) is 0.237. The van der Waals surface area contributed by atoms with Gasteiger partial charge in [-0.3, -0.25) is 0 Å². The first-order valence-corrected chi connectivity index (χ1v) is 2.81. The fourth-order valence-electron chi connectivity index (χ4n) is 0.237. The average molecular weight is 145 g/mol. The van der Waals surface area contributed by atoms with Crippen molar-refractivity contribution in [2.24, 2.45) is 10.8 Å². The van der Waals surface area contributed by atoms with Crippen molar-refractivity contribution < 1.29 is 9.90 Å². The van der Waals surface area contributed by atoms with E-state index in [1.807, 2.05) is 5.43 Å². The van der Waals surface area contributed by atoms with Crippen molar-refractivity contribution in [1.82, 2.24) is 5.43 Å². The van der Waals surface area contributed by atoms with Crippen molar-refractivity contribution in [3.63, 3.8) is 0 Å². The molecule has 0 radical (unpaired) electrons. The Hall–Kier alpha value is -1.10. The predicted octanol–water partition coefficient (Wildman–Crippen LogP) is -0.589. The van der Waals surface area contributed by atoms with Crippen molar-refractivity contribution in [2.45, 2.75) is 20.0 Å². The Morgan fingerprint density at radius 3 is 2.60 bits per heavy atom. The molecule has 2 amide bonds. The second-order valence-corrected chi connectivity index (χ2v) is 1.91. The molecule has 0 aromatic carbocycles. The number of rotatable bonds is 2. The molecule has 0 aromatic heterocycles. The maximum Gasteiger partial charge on any atom is 0.332 e. The molecule has 0 saturated carbocycles. The highest BCUT2D eigenvalue weighted by molar-refractivity contribution is 5.86. The molecule has 0 saturated heterocycles. The molecule has 10 heavy (non-hydrogen) atoms. The summed E-state index contributed by atoms with van der Waals surface area (Å²) < 4.78 is 0. The Labute approximate surface area is 58.9 Å². The second kappa shape index (κ2) is 3.84. The van der Waals surface area contributed by atoms with Crippen LogP contribution < -0.4 is 11.2 Å². The van der Waals surface area contributed by atoms with Crippen molar-refractivity contribution in [3.8, 4) is 0 Å². The Morgan fingerprint density at radius 2 is 2.30 bits per heavy atom. The van der Waals surface area contributed by atoms with E-state index < -0.39 is 12.1 Å². The number of nitrogens with zero attached hydrogens (tertiary/aromatic N) is 1. The first-order valence-electron chi connectivity index (χ1n) is 2.81. The standard InChI is InChI=1S/C5H11N3O2/c1-3(4(2)9)7-8-5(6)10/h4,9H,1-2H3,(H3,6,8,10). The summed E-state index contributed by atoms with van der Waals surface area (Å²) in [6.45, 7) is 3.13. The van der Waals surface area contributed by atoms with E-state index in [9.17, 15) is 4.79 Å². The summed E-state index contributed by atoms with van der Waals surface area (Å²) in [5.41, 5.74) is 7.11. The number of amides is 2. The molecule has 0 aliphatic carbocycles. The minimum absolute atomic E-state index is 0.416. The number of hydrogen-bond acceptors (Lipinski definition) is 3. The molecule has 0 aliphatic heterocycles. The molecule has 0 fully saturated rings. The maximum absolute atomic E-state index is 10.0. The second-order valence-electron chi connectivity index (χ2n) is 1.91. The number of aliphatic hydroxyl groups excluding tert-OH is 1. The highest BCUT2D eigenvalue weighted by Crippen LogP contribution is 1.83. The van der Waals surface area contributed by atoms with Gasteiger partial charge in [0.2, 0.25) is 0 Å². The summed E-state index contributed by atoms with van der Waals surface area (Å²) in [5, 5.41) is 12.3. The van der Waals surface area contributed by atoms with Gasteiger partial charge in [-0.25, -0.2) is 10.2 Å². The molecular weight excluding hydrogens is 134 g/mol. The van der Waals surface area contributed by atoms with E-state index in [0.717, 1.165) is 0 Å². The molecule has 58 valence electrons. The van der Waals surface area contributed by atoms with Gasteiger partial charge in [0.05, 0.1) is 11.8 Å². The van der Waals surface area contributed by atoms with Gasteiger partial charge in [-0.05, 0) is 13.8 Å². The van der Waals surface area contributed by atoms with E-state index in [2.05, 4.69) is 5.10 Å². The Morgan fingerprint density at radius 1 is 1.80 bits per heavy atom. The average Bonchev–Trinajstić information content (AvgIpc) is 1.82. The lowest BCUT2D eigenvalue weighted by atomic mass is 10.3. The van der Waals surface area contributed by atoms with E-state index in [1.54, 1.807) is 13.8 Å². The third-order valence-electron chi connectivity index (χ3n) is 0.947. The zero-order valence-corrected chi connectivity index (χ0v) is 5.96. The Kier molecular flexibility index (Phi) is 3.42. The van der Waals surface area contributed by atoms with Crippen LogP contribution >= 0.6 is 0 Å². The highest BCUT2D eigenvalue weighted by atomic mass is 16.3. The van der Waals surface area contributed by atoms with Crippen LogP contribution in [0, 0.1) is 0 Å². The summed E-state index contributed by atoms with van der Waals surface area (Å²) in [6.07, 6.45) is -0.660. The molecular formula is C5H11N3O2. The van der Waals surface area contributed by atoms with Crippen molar-refractivity contribution in [3.05, 3.63) is 0 Å². The molecule has 4 N–H and O–H groups in total. The maximum atomic E-state index is 10.0. The van der Waals surface area contributed by atoms with Crippen LogP contribution in [-0.4, -0.2) is 23.0 Å². The third kappa shape index (κ3) is 3.85. The van der Waals surface area contributed by atoms with E-state index in [0.29, 0.717) is 5.71 Å². The van der Waals surface area contributed by atoms with Gasteiger partial charge in [0.1, 0.15) is 0 Å². The molecule has 0 spiro atoms. The molecule has 1 unspecified atom stereocenters. The van der Waals surface area contributed by atoms with E-state index in [1.165, 1.54) is 0 Å². The smallest absolute Gasteiger partial charge is 0.332 e. The summed E-state index contributed by atoms with van der Waals surface area (Å²) in [4.78, 5) is 10.0. The molecule has 0 heterocycles. The molecule has 0 bridgehead atoms. The normalized spacial score (nSPS) is 14.5. The van der Waals surface area contributed by atoms with Crippen LogP contribution in [-0.2, 0) is 0 Å². The largest absolute Gasteiger partial charge is 0.387 e. The van der Waals surface area contributed by atoms with Gasteiger partial charge < -0.3 is 10.8 Å². The summed E-state index contributed by atoms with van der Waals surface area (Å²) in [5.74, 6) is 0. The van der Waals surface area contributed by atoms with Crippen molar-refractivity contribution in [2.75, 3.05) is 0 Å². The van der Waals surface area contributed by atoms with Crippen LogP contribution in [0.15, 0.2) is 5.10 Å². The fraction of sp³-hybridized carbons (Fsp3) is 0.600. The number of primary amides is 1. The summed E-state index contributed by atoms with van der Waals surface area (Å²) >= 11 is 0. The van der Waals surface area contributed by atoms with Crippen LogP contribution in [0.3, 0.4) is 0 Å². The Balaban J connectivity index is 3.80. The lowest BCUT2D eigenvalue weighted by Gasteiger charge is -2.01. The van der Waals surface area contributed by atoms with Crippen molar-refractivity contribution in [1.29, 1.82) is 0 Å². The predicted molar refractivity (Wildman–Crippen MR) is 37.5 cm³/mol. The number of hydrazone groups is 1. The Bertz CT molecular complexity index is 153. The van der Waals surface area contributed by atoms with Crippen LogP contribution in [0.5, 0.6) is 0 Å². The van der Waals surface area contributed by atoms with Gasteiger partial charge >= 0.3 is 6.03 Å². The van der Waals surface area contributed by atoms with E-state index in [4.69, 9.17) is 10.8 Å². The number of carbonyl (C=O) groups excluding carboxylic acids is 1. The van der Waals surface area contributed by atoms with Crippen LogP contribution in [0.2, 0.25) is 0 Å². The third-order valence-corrected chi connectivity index (χ3v) is 0.947. The number of nitrogens with one attached hydrogen (secondary N) is 1. The number of hydrogen-bond donors (Lipinski definition) is 3. The molecule has 5 nitrogen and oxygen atoms in total. The van der Waals surface area contributed by atoms with Crippen LogP contribution in [0.25, 0.3) is 0 Å². The van der Waals surface area contributed by atoms with Crippen molar-refractivity contribution >= 4 is 11.7 Å². The first-order chi connectivity index (χ1) is 4.54. The summed E-state index contributed by atoms with van der Waals surface area (Å²) in [7, 11) is 0. The summed E-state index contributed by atoms with van der Waals surface area (Å²) in [6, 6.07) is -0.736. The highest BCUT2D eigenvalue weighted by Gasteiger charge is 1.98. The molecule has 0 aromatic rings. The number of nitrogens with two attached hydrogens (primary N) is 1. The first kappa shape index (κ1) is 8.90. The van der Waals surface area contributed by atoms with Gasteiger partial charge in [-0.1, -0.05) is 0 Å². The topological polar surface area (TPSA) is 87.7 Å². The zero-order valence-electron chi connectivity index (χ0n) is 5.96. The minimum Gasteiger partial charge on any atom is -0.387 e. The lowest BCUT2D eigenvalue weighted by Crippen LogP contribution is -2.27. The monoisotopic (exact) mass is 145 g/mol. The molecule has 1 atom stereocenters. The van der Waals surface area contributed by atoms with Gasteiger partial charge in [-0.15, -0.1) is 0 Å². The van der Waals surface area contributed by atoms with Gasteiger partial charge in [-0.2, -0.15) is 5.10 Å². The molecule has 0 rings (SSSR count).